The minimum Gasteiger partial charge on any atom is -0.454 e. The summed E-state index contributed by atoms with van der Waals surface area (Å²) in [5.41, 5.74) is 0.955. The van der Waals surface area contributed by atoms with Crippen LogP contribution in [0.15, 0.2) is 29.2 Å². The SMILES string of the molecule is Cc1ccc(S(=O)(=O)N2CCCCC2C(=O)OCC(=O)NCC(C)C)cc1. The third-order valence-electron chi connectivity index (χ3n) is 4.41. The van der Waals surface area contributed by atoms with E-state index in [9.17, 15) is 18.0 Å². The second kappa shape index (κ2) is 9.32. The van der Waals surface area contributed by atoms with E-state index in [1.54, 1.807) is 24.3 Å². The molecule has 7 nitrogen and oxygen atoms in total. The molecule has 0 radical (unpaired) electrons. The minimum absolute atomic E-state index is 0.155. The number of esters is 1. The summed E-state index contributed by atoms with van der Waals surface area (Å²) in [6, 6.07) is 5.64. The van der Waals surface area contributed by atoms with Gasteiger partial charge >= 0.3 is 5.97 Å². The van der Waals surface area contributed by atoms with Crippen molar-refractivity contribution >= 4 is 21.9 Å². The van der Waals surface area contributed by atoms with E-state index in [-0.39, 0.29) is 23.3 Å². The summed E-state index contributed by atoms with van der Waals surface area (Å²) >= 11 is 0. The van der Waals surface area contributed by atoms with Gasteiger partial charge in [0.1, 0.15) is 6.04 Å². The summed E-state index contributed by atoms with van der Waals surface area (Å²) in [6.45, 7) is 6.15. The lowest BCUT2D eigenvalue weighted by molar-refractivity contribution is -0.153. The van der Waals surface area contributed by atoms with Crippen LogP contribution in [0.1, 0.15) is 38.7 Å². The highest BCUT2D eigenvalue weighted by atomic mass is 32.2. The van der Waals surface area contributed by atoms with Gasteiger partial charge in [-0.3, -0.25) is 9.59 Å². The Morgan fingerprint density at radius 2 is 1.89 bits per heavy atom. The lowest BCUT2D eigenvalue weighted by Crippen LogP contribution is -2.49. The molecule has 1 aromatic rings. The third kappa shape index (κ3) is 5.77. The largest absolute Gasteiger partial charge is 0.454 e. The molecule has 1 atom stereocenters. The smallest absolute Gasteiger partial charge is 0.324 e. The molecule has 2 rings (SSSR count). The van der Waals surface area contributed by atoms with Crippen molar-refractivity contribution in [2.75, 3.05) is 19.7 Å². The Labute approximate surface area is 161 Å². The zero-order chi connectivity index (χ0) is 20.0. The van der Waals surface area contributed by atoms with E-state index in [0.29, 0.717) is 19.4 Å². The van der Waals surface area contributed by atoms with Crippen LogP contribution in [0, 0.1) is 12.8 Å². The van der Waals surface area contributed by atoms with Crippen molar-refractivity contribution < 1.29 is 22.7 Å². The van der Waals surface area contributed by atoms with E-state index < -0.39 is 28.6 Å². The first kappa shape index (κ1) is 21.4. The summed E-state index contributed by atoms with van der Waals surface area (Å²) in [4.78, 5) is 24.4. The number of ether oxygens (including phenoxy) is 1. The second-order valence-electron chi connectivity index (χ2n) is 7.25. The molecular weight excluding hydrogens is 368 g/mol. The Balaban J connectivity index is 2.06. The number of hydrogen-bond acceptors (Lipinski definition) is 5. The van der Waals surface area contributed by atoms with Crippen molar-refractivity contribution in [1.29, 1.82) is 0 Å². The fourth-order valence-electron chi connectivity index (χ4n) is 2.88. The lowest BCUT2D eigenvalue weighted by atomic mass is 10.1. The van der Waals surface area contributed by atoms with Crippen LogP contribution in [0.3, 0.4) is 0 Å². The number of hydrogen-bond donors (Lipinski definition) is 1. The monoisotopic (exact) mass is 396 g/mol. The van der Waals surface area contributed by atoms with Gasteiger partial charge in [0.05, 0.1) is 4.90 Å². The van der Waals surface area contributed by atoms with E-state index in [4.69, 9.17) is 4.74 Å². The van der Waals surface area contributed by atoms with Crippen LogP contribution in [0.2, 0.25) is 0 Å². The fourth-order valence-corrected chi connectivity index (χ4v) is 4.52. The van der Waals surface area contributed by atoms with Gasteiger partial charge in [0, 0.05) is 13.1 Å². The normalized spacial score (nSPS) is 18.3. The summed E-state index contributed by atoms with van der Waals surface area (Å²) in [7, 11) is -3.80. The average molecular weight is 397 g/mol. The number of piperidine rings is 1. The van der Waals surface area contributed by atoms with Gasteiger partial charge in [0.2, 0.25) is 10.0 Å². The highest BCUT2D eigenvalue weighted by Gasteiger charge is 2.38. The molecule has 1 heterocycles. The van der Waals surface area contributed by atoms with E-state index in [2.05, 4.69) is 5.32 Å². The van der Waals surface area contributed by atoms with E-state index in [1.807, 2.05) is 20.8 Å². The topological polar surface area (TPSA) is 92.8 Å². The van der Waals surface area contributed by atoms with Gasteiger partial charge in [0.15, 0.2) is 6.61 Å². The molecule has 1 aromatic carbocycles. The van der Waals surface area contributed by atoms with Crippen molar-refractivity contribution in [1.82, 2.24) is 9.62 Å². The number of amides is 1. The third-order valence-corrected chi connectivity index (χ3v) is 6.33. The summed E-state index contributed by atoms with van der Waals surface area (Å²) in [5.74, 6) is -0.774. The van der Waals surface area contributed by atoms with Crippen LogP contribution >= 0.6 is 0 Å². The van der Waals surface area contributed by atoms with Crippen molar-refractivity contribution in [3.05, 3.63) is 29.8 Å². The molecule has 1 N–H and O–H groups in total. The first-order valence-electron chi connectivity index (χ1n) is 9.23. The number of carbonyl (C=O) groups excluding carboxylic acids is 2. The molecule has 0 bridgehead atoms. The van der Waals surface area contributed by atoms with Crippen LogP contribution in [0.4, 0.5) is 0 Å². The number of nitrogens with one attached hydrogen (secondary N) is 1. The lowest BCUT2D eigenvalue weighted by Gasteiger charge is -2.33. The second-order valence-corrected chi connectivity index (χ2v) is 9.14. The molecule has 0 aliphatic carbocycles. The van der Waals surface area contributed by atoms with Gasteiger partial charge in [-0.2, -0.15) is 4.31 Å². The van der Waals surface area contributed by atoms with Crippen molar-refractivity contribution in [2.45, 2.75) is 51.0 Å². The molecule has 0 spiro atoms. The molecule has 0 saturated carbocycles. The molecule has 1 amide bonds. The van der Waals surface area contributed by atoms with Crippen LogP contribution in [-0.4, -0.2) is 50.3 Å². The number of nitrogens with zero attached hydrogens (tertiary/aromatic N) is 1. The van der Waals surface area contributed by atoms with Gasteiger partial charge in [-0.05, 0) is 44.2 Å². The molecule has 1 saturated heterocycles. The van der Waals surface area contributed by atoms with E-state index in [0.717, 1.165) is 12.0 Å². The minimum atomic E-state index is -3.80. The molecule has 8 heteroatoms. The van der Waals surface area contributed by atoms with Gasteiger partial charge in [-0.15, -0.1) is 0 Å². The number of rotatable bonds is 7. The van der Waals surface area contributed by atoms with Crippen molar-refractivity contribution in [3.8, 4) is 0 Å². The molecule has 1 aliphatic heterocycles. The molecule has 0 aromatic heterocycles. The van der Waals surface area contributed by atoms with Gasteiger partial charge in [0.25, 0.3) is 5.91 Å². The first-order chi connectivity index (χ1) is 12.7. The van der Waals surface area contributed by atoms with Crippen LogP contribution in [-0.2, 0) is 24.3 Å². The first-order valence-corrected chi connectivity index (χ1v) is 10.7. The number of carbonyl (C=O) groups is 2. The maximum absolute atomic E-state index is 13.0. The Bertz CT molecular complexity index is 759. The maximum Gasteiger partial charge on any atom is 0.324 e. The Hall–Kier alpha value is -1.93. The molecular formula is C19H28N2O5S. The van der Waals surface area contributed by atoms with E-state index in [1.165, 1.54) is 4.31 Å². The van der Waals surface area contributed by atoms with Crippen LogP contribution < -0.4 is 5.32 Å². The average Bonchev–Trinajstić information content (AvgIpc) is 2.64. The van der Waals surface area contributed by atoms with E-state index >= 15 is 0 Å². The van der Waals surface area contributed by atoms with Gasteiger partial charge in [-0.25, -0.2) is 8.42 Å². The number of sulfonamides is 1. The Kier molecular flexibility index (Phi) is 7.38. The van der Waals surface area contributed by atoms with Crippen LogP contribution in [0.25, 0.3) is 0 Å². The standard InChI is InChI=1S/C19H28N2O5S/c1-14(2)12-20-18(22)13-26-19(23)17-6-4-5-11-21(17)27(24,25)16-9-7-15(3)8-10-16/h7-10,14,17H,4-6,11-13H2,1-3H3,(H,20,22). The zero-order valence-corrected chi connectivity index (χ0v) is 16.9. The number of benzene rings is 1. The predicted octanol–water partition coefficient (Wildman–Crippen LogP) is 1.85. The predicted molar refractivity (Wildman–Crippen MR) is 102 cm³/mol. The quantitative estimate of drug-likeness (QED) is 0.710. The zero-order valence-electron chi connectivity index (χ0n) is 16.1. The number of aryl methyl sites for hydroxylation is 1. The highest BCUT2D eigenvalue weighted by molar-refractivity contribution is 7.89. The molecule has 150 valence electrons. The molecule has 1 unspecified atom stereocenters. The Morgan fingerprint density at radius 3 is 2.52 bits per heavy atom. The molecule has 1 fully saturated rings. The van der Waals surface area contributed by atoms with Gasteiger partial charge in [-0.1, -0.05) is 31.5 Å². The fraction of sp³-hybridized carbons (Fsp3) is 0.579. The molecule has 27 heavy (non-hydrogen) atoms. The maximum atomic E-state index is 13.0. The van der Waals surface area contributed by atoms with Crippen LogP contribution in [0.5, 0.6) is 0 Å². The van der Waals surface area contributed by atoms with Crippen molar-refractivity contribution in [3.63, 3.8) is 0 Å². The highest BCUT2D eigenvalue weighted by Crippen LogP contribution is 2.26. The summed E-state index contributed by atoms with van der Waals surface area (Å²) in [6.07, 6.45) is 1.81. The molecule has 1 aliphatic rings. The summed E-state index contributed by atoms with van der Waals surface area (Å²) in [5, 5.41) is 2.66. The Morgan fingerprint density at radius 1 is 1.22 bits per heavy atom. The van der Waals surface area contributed by atoms with Crippen molar-refractivity contribution in [2.24, 2.45) is 5.92 Å². The van der Waals surface area contributed by atoms with Gasteiger partial charge < -0.3 is 10.1 Å². The summed E-state index contributed by atoms with van der Waals surface area (Å²) < 4.78 is 32.2.